The van der Waals surface area contributed by atoms with E-state index in [1.807, 2.05) is 0 Å². The normalized spacial score (nSPS) is 18.9. The first kappa shape index (κ1) is 13.4. The molecule has 1 unspecified atom stereocenters. The van der Waals surface area contributed by atoms with E-state index in [0.29, 0.717) is 12.2 Å². The molecule has 5 nitrogen and oxygen atoms in total. The summed E-state index contributed by atoms with van der Waals surface area (Å²) >= 11 is 0. The van der Waals surface area contributed by atoms with E-state index >= 15 is 0 Å². The Balaban J connectivity index is 2.30. The van der Waals surface area contributed by atoms with Crippen molar-refractivity contribution in [1.82, 2.24) is 10.2 Å². The molecule has 0 aromatic heterocycles. The van der Waals surface area contributed by atoms with Crippen molar-refractivity contribution in [2.45, 2.75) is 6.04 Å². The molecule has 0 aliphatic carbocycles. The Morgan fingerprint density at radius 1 is 1.42 bits per heavy atom. The van der Waals surface area contributed by atoms with Crippen molar-refractivity contribution in [3.05, 3.63) is 35.4 Å². The molecule has 1 atom stereocenters. The van der Waals surface area contributed by atoms with Crippen LogP contribution in [-0.4, -0.2) is 37.0 Å². The summed E-state index contributed by atoms with van der Waals surface area (Å²) in [5.74, 6) is -2.03. The van der Waals surface area contributed by atoms with E-state index in [0.717, 1.165) is 12.1 Å². The lowest BCUT2D eigenvalue weighted by molar-refractivity contribution is 0.150. The summed E-state index contributed by atoms with van der Waals surface area (Å²) in [5, 5.41) is 10.1. The van der Waals surface area contributed by atoms with Gasteiger partial charge in [-0.1, -0.05) is 6.07 Å². The molecule has 1 saturated heterocycles. The molecule has 2 amide bonds. The van der Waals surface area contributed by atoms with Gasteiger partial charge in [-0.05, 0) is 17.7 Å². The summed E-state index contributed by atoms with van der Waals surface area (Å²) in [6, 6.07) is 2.15. The van der Waals surface area contributed by atoms with Gasteiger partial charge in [-0.25, -0.2) is 13.6 Å². The van der Waals surface area contributed by atoms with Gasteiger partial charge in [-0.15, -0.1) is 0 Å². The maximum absolute atomic E-state index is 13.2. The zero-order valence-corrected chi connectivity index (χ0v) is 10.2. The van der Waals surface area contributed by atoms with Crippen molar-refractivity contribution >= 4 is 11.9 Å². The van der Waals surface area contributed by atoms with Gasteiger partial charge in [0.25, 0.3) is 0 Å². The Kier molecular flexibility index (Phi) is 3.75. The third kappa shape index (κ3) is 2.55. The van der Waals surface area contributed by atoms with Gasteiger partial charge < -0.3 is 9.64 Å². The highest BCUT2D eigenvalue weighted by atomic mass is 19.2. The number of urea groups is 1. The Hall–Kier alpha value is -2.02. The quantitative estimate of drug-likeness (QED) is 0.873. The minimum atomic E-state index is -1.00. The Bertz CT molecular complexity index is 522. The lowest BCUT2D eigenvalue weighted by Gasteiger charge is -2.22. The number of carbonyl (C=O) groups excluding carboxylic acids is 1. The van der Waals surface area contributed by atoms with E-state index in [1.165, 1.54) is 18.1 Å². The topological polar surface area (TPSA) is 65.4 Å². The van der Waals surface area contributed by atoms with Crippen LogP contribution in [0.1, 0.15) is 11.6 Å². The number of nitrogens with zero attached hydrogens (tertiary/aromatic N) is 1. The van der Waals surface area contributed by atoms with E-state index < -0.39 is 23.7 Å². The highest BCUT2D eigenvalue weighted by Gasteiger charge is 2.36. The van der Waals surface area contributed by atoms with Crippen LogP contribution in [0.3, 0.4) is 0 Å². The molecule has 1 heterocycles. The lowest BCUT2D eigenvalue weighted by Crippen LogP contribution is -2.32. The smallest absolute Gasteiger partial charge is 0.323 e. The second-order valence-electron chi connectivity index (χ2n) is 4.11. The van der Waals surface area contributed by atoms with Crippen LogP contribution >= 0.6 is 0 Å². The van der Waals surface area contributed by atoms with Gasteiger partial charge in [0.1, 0.15) is 11.9 Å². The average Bonchev–Trinajstić information content (AvgIpc) is 2.65. The SMILES string of the molecule is COCCN1C(=O)NC(=N)C1c1ccc(F)c(F)c1. The van der Waals surface area contributed by atoms with Crippen LogP contribution in [-0.2, 0) is 4.74 Å². The number of rotatable bonds is 4. The van der Waals surface area contributed by atoms with Crippen molar-refractivity contribution in [1.29, 1.82) is 5.41 Å². The zero-order chi connectivity index (χ0) is 14.0. The molecular weight excluding hydrogens is 256 g/mol. The number of halogens is 2. The molecular formula is C12H13F2N3O2. The van der Waals surface area contributed by atoms with Gasteiger partial charge in [0.2, 0.25) is 0 Å². The van der Waals surface area contributed by atoms with E-state index in [1.54, 1.807) is 0 Å². The first-order valence-corrected chi connectivity index (χ1v) is 5.64. The average molecular weight is 269 g/mol. The number of methoxy groups -OCH3 is 1. The van der Waals surface area contributed by atoms with Gasteiger partial charge in [0, 0.05) is 13.7 Å². The maximum Gasteiger partial charge on any atom is 0.323 e. The van der Waals surface area contributed by atoms with Crippen LogP contribution in [0.2, 0.25) is 0 Å². The Morgan fingerprint density at radius 2 is 2.16 bits per heavy atom. The molecule has 19 heavy (non-hydrogen) atoms. The van der Waals surface area contributed by atoms with Crippen molar-refractivity contribution in [3.8, 4) is 0 Å². The van der Waals surface area contributed by atoms with Crippen molar-refractivity contribution in [3.63, 3.8) is 0 Å². The number of ether oxygens (including phenoxy) is 1. The van der Waals surface area contributed by atoms with Crippen LogP contribution in [0, 0.1) is 17.0 Å². The van der Waals surface area contributed by atoms with Crippen molar-refractivity contribution in [2.75, 3.05) is 20.3 Å². The first-order chi connectivity index (χ1) is 9.04. The molecule has 0 saturated carbocycles. The van der Waals surface area contributed by atoms with E-state index in [9.17, 15) is 13.6 Å². The summed E-state index contributed by atoms with van der Waals surface area (Å²) < 4.78 is 31.0. The molecule has 7 heteroatoms. The molecule has 1 aromatic carbocycles. The highest BCUT2D eigenvalue weighted by molar-refractivity contribution is 6.06. The molecule has 2 rings (SSSR count). The predicted octanol–water partition coefficient (Wildman–Crippen LogP) is 1.65. The summed E-state index contributed by atoms with van der Waals surface area (Å²) in [4.78, 5) is 13.0. The molecule has 1 aliphatic rings. The fraction of sp³-hybridized carbons (Fsp3) is 0.333. The van der Waals surface area contributed by atoms with Gasteiger partial charge in [0.05, 0.1) is 6.61 Å². The second-order valence-corrected chi connectivity index (χ2v) is 4.11. The second kappa shape index (κ2) is 5.31. The summed E-state index contributed by atoms with van der Waals surface area (Å²) in [7, 11) is 1.49. The minimum absolute atomic E-state index is 0.0629. The van der Waals surface area contributed by atoms with Crippen LogP contribution < -0.4 is 5.32 Å². The fourth-order valence-electron chi connectivity index (χ4n) is 1.98. The molecule has 0 bridgehead atoms. The van der Waals surface area contributed by atoms with E-state index in [-0.39, 0.29) is 12.4 Å². The molecule has 102 valence electrons. The molecule has 0 spiro atoms. The zero-order valence-electron chi connectivity index (χ0n) is 10.2. The van der Waals surface area contributed by atoms with Crippen LogP contribution in [0.15, 0.2) is 18.2 Å². The Morgan fingerprint density at radius 3 is 2.79 bits per heavy atom. The fourth-order valence-corrected chi connectivity index (χ4v) is 1.98. The molecule has 1 aliphatic heterocycles. The molecule has 0 radical (unpaired) electrons. The van der Waals surface area contributed by atoms with Gasteiger partial charge in [0.15, 0.2) is 11.6 Å². The summed E-state index contributed by atoms with van der Waals surface area (Å²) in [6.45, 7) is 0.551. The number of amides is 2. The lowest BCUT2D eigenvalue weighted by atomic mass is 10.1. The van der Waals surface area contributed by atoms with E-state index in [4.69, 9.17) is 10.1 Å². The number of hydrogen-bond acceptors (Lipinski definition) is 3. The third-order valence-corrected chi connectivity index (χ3v) is 2.88. The van der Waals surface area contributed by atoms with Gasteiger partial charge in [-0.3, -0.25) is 10.7 Å². The van der Waals surface area contributed by atoms with Gasteiger partial charge in [-0.2, -0.15) is 0 Å². The van der Waals surface area contributed by atoms with Crippen LogP contribution in [0.5, 0.6) is 0 Å². The van der Waals surface area contributed by atoms with Crippen LogP contribution in [0.4, 0.5) is 13.6 Å². The van der Waals surface area contributed by atoms with Gasteiger partial charge >= 0.3 is 6.03 Å². The van der Waals surface area contributed by atoms with E-state index in [2.05, 4.69) is 5.32 Å². The summed E-state index contributed by atoms with van der Waals surface area (Å²) in [6.07, 6.45) is 0. The maximum atomic E-state index is 13.2. The standard InChI is InChI=1S/C12H13F2N3O2/c1-19-5-4-17-10(11(15)16-12(17)18)7-2-3-8(13)9(14)6-7/h2-3,6,10H,4-5H2,1H3,(H2,15,16,18). The molecule has 2 N–H and O–H groups in total. The number of benzene rings is 1. The predicted molar refractivity (Wildman–Crippen MR) is 63.9 cm³/mol. The minimum Gasteiger partial charge on any atom is -0.383 e. The first-order valence-electron chi connectivity index (χ1n) is 5.64. The number of carbonyl (C=O) groups is 1. The molecule has 1 fully saturated rings. The Labute approximate surface area is 108 Å². The van der Waals surface area contributed by atoms with Crippen molar-refractivity contribution in [2.24, 2.45) is 0 Å². The monoisotopic (exact) mass is 269 g/mol. The largest absolute Gasteiger partial charge is 0.383 e. The summed E-state index contributed by atoms with van der Waals surface area (Å²) in [5.41, 5.74) is 0.346. The third-order valence-electron chi connectivity index (χ3n) is 2.88. The highest BCUT2D eigenvalue weighted by Crippen LogP contribution is 2.26. The van der Waals surface area contributed by atoms with Crippen LogP contribution in [0.25, 0.3) is 0 Å². The number of hydrogen-bond donors (Lipinski definition) is 2. The number of amidine groups is 1. The number of nitrogens with one attached hydrogen (secondary N) is 2. The molecule has 1 aromatic rings. The van der Waals surface area contributed by atoms with Crippen molar-refractivity contribution < 1.29 is 18.3 Å².